The molecular formula is C12H20N2O3S. The monoisotopic (exact) mass is 272 g/mol. The van der Waals surface area contributed by atoms with Gasteiger partial charge in [0.05, 0.1) is 6.61 Å². The van der Waals surface area contributed by atoms with E-state index in [0.29, 0.717) is 18.2 Å². The Balaban J connectivity index is 2.77. The summed E-state index contributed by atoms with van der Waals surface area (Å²) in [4.78, 5) is -0.0629. The van der Waals surface area contributed by atoms with Gasteiger partial charge in [-0.25, -0.2) is 13.6 Å². The number of nitrogen functional groups attached to an aromatic ring is 1. The summed E-state index contributed by atoms with van der Waals surface area (Å²) in [5.74, 6) is 0.855. The highest BCUT2D eigenvalue weighted by atomic mass is 32.2. The summed E-state index contributed by atoms with van der Waals surface area (Å²) >= 11 is 0. The van der Waals surface area contributed by atoms with Gasteiger partial charge in [0.2, 0.25) is 10.0 Å². The van der Waals surface area contributed by atoms with Crippen LogP contribution in [0, 0.1) is 5.92 Å². The van der Waals surface area contributed by atoms with Crippen LogP contribution in [0.3, 0.4) is 0 Å². The van der Waals surface area contributed by atoms with Crippen LogP contribution in [0.4, 0.5) is 5.69 Å². The zero-order valence-electron chi connectivity index (χ0n) is 10.7. The lowest BCUT2D eigenvalue weighted by atomic mass is 10.1. The fourth-order valence-electron chi connectivity index (χ4n) is 1.54. The standard InChI is InChI=1S/C12H20N2O3S/c1-9(2)4-3-7-17-11-6-5-10(13)8-12(11)18(14,15)16/h5-6,8-9H,3-4,7,13H2,1-2H3,(H2,14,15,16). The van der Waals surface area contributed by atoms with Gasteiger partial charge in [0.25, 0.3) is 0 Å². The van der Waals surface area contributed by atoms with Crippen molar-refractivity contribution in [2.45, 2.75) is 31.6 Å². The molecule has 0 saturated heterocycles. The molecule has 0 aliphatic carbocycles. The van der Waals surface area contributed by atoms with Gasteiger partial charge in [0.15, 0.2) is 0 Å². The summed E-state index contributed by atoms with van der Waals surface area (Å²) in [7, 11) is -3.81. The van der Waals surface area contributed by atoms with Crippen molar-refractivity contribution in [3.8, 4) is 5.75 Å². The minimum Gasteiger partial charge on any atom is -0.492 e. The molecule has 0 radical (unpaired) electrons. The molecule has 1 rings (SSSR count). The number of primary sulfonamides is 1. The Hall–Kier alpha value is -1.27. The molecule has 0 aromatic heterocycles. The van der Waals surface area contributed by atoms with Crippen LogP contribution in [0.25, 0.3) is 0 Å². The van der Waals surface area contributed by atoms with E-state index in [0.717, 1.165) is 12.8 Å². The fraction of sp³-hybridized carbons (Fsp3) is 0.500. The molecule has 0 unspecified atom stereocenters. The third-order valence-corrected chi connectivity index (χ3v) is 3.39. The first-order valence-electron chi connectivity index (χ1n) is 5.86. The summed E-state index contributed by atoms with van der Waals surface area (Å²) in [5, 5.41) is 5.12. The quantitative estimate of drug-likeness (QED) is 0.609. The largest absolute Gasteiger partial charge is 0.492 e. The van der Waals surface area contributed by atoms with Crippen LogP contribution >= 0.6 is 0 Å². The van der Waals surface area contributed by atoms with E-state index in [4.69, 9.17) is 15.6 Å². The van der Waals surface area contributed by atoms with Crippen molar-refractivity contribution < 1.29 is 13.2 Å². The number of sulfonamides is 1. The maximum atomic E-state index is 11.4. The topological polar surface area (TPSA) is 95.4 Å². The van der Waals surface area contributed by atoms with Crippen molar-refractivity contribution in [3.63, 3.8) is 0 Å². The predicted octanol–water partition coefficient (Wildman–Crippen LogP) is 1.73. The van der Waals surface area contributed by atoms with Gasteiger partial charge in [0, 0.05) is 5.69 Å². The van der Waals surface area contributed by atoms with Crippen molar-refractivity contribution in [1.29, 1.82) is 0 Å². The van der Waals surface area contributed by atoms with Gasteiger partial charge >= 0.3 is 0 Å². The Kier molecular flexibility index (Phi) is 4.98. The van der Waals surface area contributed by atoms with E-state index in [1.165, 1.54) is 12.1 Å². The molecule has 0 fully saturated rings. The number of rotatable bonds is 6. The Morgan fingerprint density at radius 2 is 2.00 bits per heavy atom. The van der Waals surface area contributed by atoms with Crippen LogP contribution in [-0.4, -0.2) is 15.0 Å². The first-order valence-corrected chi connectivity index (χ1v) is 7.40. The smallest absolute Gasteiger partial charge is 0.241 e. The number of hydrogen-bond donors (Lipinski definition) is 2. The second-order valence-electron chi connectivity index (χ2n) is 4.64. The minimum atomic E-state index is -3.81. The molecule has 0 amide bonds. The maximum Gasteiger partial charge on any atom is 0.241 e. The molecule has 0 spiro atoms. The van der Waals surface area contributed by atoms with Gasteiger partial charge in [-0.15, -0.1) is 0 Å². The van der Waals surface area contributed by atoms with Gasteiger partial charge < -0.3 is 10.5 Å². The molecule has 1 aromatic carbocycles. The molecular weight excluding hydrogens is 252 g/mol. The van der Waals surface area contributed by atoms with Gasteiger partial charge in [-0.2, -0.15) is 0 Å². The third-order valence-electron chi connectivity index (χ3n) is 2.46. The van der Waals surface area contributed by atoms with E-state index in [1.807, 2.05) is 0 Å². The van der Waals surface area contributed by atoms with Crippen LogP contribution in [0.15, 0.2) is 23.1 Å². The van der Waals surface area contributed by atoms with Crippen molar-refractivity contribution >= 4 is 15.7 Å². The Morgan fingerprint density at radius 3 is 2.56 bits per heavy atom. The number of benzene rings is 1. The lowest BCUT2D eigenvalue weighted by molar-refractivity contribution is 0.291. The van der Waals surface area contributed by atoms with Gasteiger partial charge in [0.1, 0.15) is 10.6 Å². The van der Waals surface area contributed by atoms with E-state index in [2.05, 4.69) is 13.8 Å². The zero-order valence-corrected chi connectivity index (χ0v) is 11.5. The number of ether oxygens (including phenoxy) is 1. The molecule has 5 nitrogen and oxygen atoms in total. The summed E-state index contributed by atoms with van der Waals surface area (Å²) in [6.45, 7) is 4.71. The van der Waals surface area contributed by atoms with Crippen LogP contribution in [-0.2, 0) is 10.0 Å². The van der Waals surface area contributed by atoms with E-state index < -0.39 is 10.0 Å². The Labute approximate surface area is 108 Å². The first kappa shape index (κ1) is 14.8. The predicted molar refractivity (Wildman–Crippen MR) is 71.8 cm³/mol. The highest BCUT2D eigenvalue weighted by Crippen LogP contribution is 2.25. The van der Waals surface area contributed by atoms with Crippen molar-refractivity contribution in [3.05, 3.63) is 18.2 Å². The highest BCUT2D eigenvalue weighted by molar-refractivity contribution is 7.89. The first-order chi connectivity index (χ1) is 8.30. The van der Waals surface area contributed by atoms with Crippen LogP contribution in [0.1, 0.15) is 26.7 Å². The molecule has 0 saturated carbocycles. The van der Waals surface area contributed by atoms with Crippen LogP contribution < -0.4 is 15.6 Å². The minimum absolute atomic E-state index is 0.0629. The molecule has 0 atom stereocenters. The second-order valence-corrected chi connectivity index (χ2v) is 6.17. The molecule has 0 aliphatic rings. The summed E-state index contributed by atoms with van der Waals surface area (Å²) in [6, 6.07) is 4.43. The van der Waals surface area contributed by atoms with E-state index in [-0.39, 0.29) is 10.6 Å². The number of anilines is 1. The lowest BCUT2D eigenvalue weighted by Crippen LogP contribution is -2.14. The van der Waals surface area contributed by atoms with E-state index in [1.54, 1.807) is 6.07 Å². The SMILES string of the molecule is CC(C)CCCOc1ccc(N)cc1S(N)(=O)=O. The average Bonchev–Trinajstić information content (AvgIpc) is 2.24. The third kappa shape index (κ3) is 4.54. The van der Waals surface area contributed by atoms with Gasteiger partial charge in [-0.05, 0) is 37.0 Å². The number of nitrogens with two attached hydrogens (primary N) is 2. The highest BCUT2D eigenvalue weighted by Gasteiger charge is 2.15. The molecule has 4 N–H and O–H groups in total. The van der Waals surface area contributed by atoms with Crippen molar-refractivity contribution in [2.75, 3.05) is 12.3 Å². The average molecular weight is 272 g/mol. The van der Waals surface area contributed by atoms with E-state index in [9.17, 15) is 8.42 Å². The Morgan fingerprint density at radius 1 is 1.33 bits per heavy atom. The maximum absolute atomic E-state index is 11.4. The molecule has 0 heterocycles. The summed E-state index contributed by atoms with van der Waals surface area (Å²) in [5.41, 5.74) is 5.88. The van der Waals surface area contributed by atoms with Crippen molar-refractivity contribution in [1.82, 2.24) is 0 Å². The van der Waals surface area contributed by atoms with E-state index >= 15 is 0 Å². The lowest BCUT2D eigenvalue weighted by Gasteiger charge is -2.11. The molecule has 0 aliphatic heterocycles. The van der Waals surface area contributed by atoms with Gasteiger partial charge in [-0.3, -0.25) is 0 Å². The number of hydrogen-bond acceptors (Lipinski definition) is 4. The summed E-state index contributed by atoms with van der Waals surface area (Å²) < 4.78 is 28.2. The fourth-order valence-corrected chi connectivity index (χ4v) is 2.25. The zero-order chi connectivity index (χ0) is 13.8. The van der Waals surface area contributed by atoms with Crippen LogP contribution in [0.5, 0.6) is 5.75 Å². The molecule has 0 bridgehead atoms. The second kappa shape index (κ2) is 6.06. The van der Waals surface area contributed by atoms with Crippen molar-refractivity contribution in [2.24, 2.45) is 11.1 Å². The molecule has 1 aromatic rings. The Bertz CT molecular complexity index is 498. The van der Waals surface area contributed by atoms with Crippen LogP contribution in [0.2, 0.25) is 0 Å². The normalized spacial score (nSPS) is 11.8. The molecule has 6 heteroatoms. The molecule has 102 valence electrons. The summed E-state index contributed by atoms with van der Waals surface area (Å²) in [6.07, 6.45) is 1.89. The van der Waals surface area contributed by atoms with Gasteiger partial charge in [-0.1, -0.05) is 13.8 Å². The molecule has 18 heavy (non-hydrogen) atoms.